The summed E-state index contributed by atoms with van der Waals surface area (Å²) in [6.45, 7) is 1.58. The third-order valence-corrected chi connectivity index (χ3v) is 1.39. The molecule has 1 N–H and O–H groups in total. The van der Waals surface area contributed by atoms with Crippen LogP contribution in [0.15, 0.2) is 17.2 Å². The van der Waals surface area contributed by atoms with Crippen LogP contribution >= 0.6 is 0 Å². The summed E-state index contributed by atoms with van der Waals surface area (Å²) in [5, 5.41) is 8.29. The summed E-state index contributed by atoms with van der Waals surface area (Å²) in [7, 11) is 0. The lowest BCUT2D eigenvalue weighted by molar-refractivity contribution is -0.146. The standard InChI is InChI=1S/C7H7FN2O3/c1-4-2-9-7(13)10(3-4)5(8)6(11)12/h2-3,5H,1H3,(H,11,12). The summed E-state index contributed by atoms with van der Waals surface area (Å²) in [6, 6.07) is 0. The molecule has 0 saturated carbocycles. The fourth-order valence-electron chi connectivity index (χ4n) is 0.813. The Kier molecular flexibility index (Phi) is 2.41. The number of aliphatic carboxylic acids is 1. The van der Waals surface area contributed by atoms with Crippen molar-refractivity contribution in [2.24, 2.45) is 0 Å². The van der Waals surface area contributed by atoms with E-state index < -0.39 is 18.0 Å². The number of nitrogens with zero attached hydrogens (tertiary/aromatic N) is 2. The van der Waals surface area contributed by atoms with Gasteiger partial charge in [-0.3, -0.25) is 4.57 Å². The van der Waals surface area contributed by atoms with Crippen LogP contribution in [0.5, 0.6) is 0 Å². The highest BCUT2D eigenvalue weighted by Crippen LogP contribution is 2.04. The zero-order valence-corrected chi connectivity index (χ0v) is 6.77. The first-order valence-corrected chi connectivity index (χ1v) is 3.44. The van der Waals surface area contributed by atoms with E-state index in [0.29, 0.717) is 10.1 Å². The molecular formula is C7H7FN2O3. The van der Waals surface area contributed by atoms with Crippen molar-refractivity contribution in [1.82, 2.24) is 9.55 Å². The molecule has 13 heavy (non-hydrogen) atoms. The number of carbonyl (C=O) groups is 1. The quantitative estimate of drug-likeness (QED) is 0.711. The molecule has 1 unspecified atom stereocenters. The van der Waals surface area contributed by atoms with E-state index in [1.54, 1.807) is 6.92 Å². The van der Waals surface area contributed by atoms with Crippen LogP contribution in [-0.4, -0.2) is 20.6 Å². The smallest absolute Gasteiger partial charge is 0.360 e. The first kappa shape index (κ1) is 9.37. The number of aryl methyl sites for hydroxylation is 1. The Balaban J connectivity index is 3.21. The Morgan fingerprint density at radius 2 is 2.38 bits per heavy atom. The molecule has 70 valence electrons. The largest absolute Gasteiger partial charge is 0.478 e. The Hall–Kier alpha value is -1.72. The highest BCUT2D eigenvalue weighted by Gasteiger charge is 2.19. The molecule has 1 atom stereocenters. The van der Waals surface area contributed by atoms with Gasteiger partial charge in [0.25, 0.3) is 6.30 Å². The number of aromatic nitrogens is 2. The molecule has 1 aromatic heterocycles. The normalized spacial score (nSPS) is 12.5. The molecule has 0 aliphatic carbocycles. The van der Waals surface area contributed by atoms with E-state index in [-0.39, 0.29) is 0 Å². The molecule has 5 nitrogen and oxygen atoms in total. The van der Waals surface area contributed by atoms with Gasteiger partial charge >= 0.3 is 11.7 Å². The molecular weight excluding hydrogens is 179 g/mol. The summed E-state index contributed by atoms with van der Waals surface area (Å²) < 4.78 is 13.3. The lowest BCUT2D eigenvalue weighted by Crippen LogP contribution is -2.28. The molecule has 0 amide bonds. The Morgan fingerprint density at radius 1 is 1.77 bits per heavy atom. The number of hydrogen-bond donors (Lipinski definition) is 1. The maximum absolute atomic E-state index is 12.8. The van der Waals surface area contributed by atoms with Crippen molar-refractivity contribution in [3.8, 4) is 0 Å². The van der Waals surface area contributed by atoms with E-state index in [9.17, 15) is 14.0 Å². The number of alkyl halides is 1. The zero-order valence-electron chi connectivity index (χ0n) is 6.77. The van der Waals surface area contributed by atoms with E-state index in [2.05, 4.69) is 4.98 Å². The van der Waals surface area contributed by atoms with Crippen LogP contribution in [0.4, 0.5) is 4.39 Å². The first-order valence-electron chi connectivity index (χ1n) is 3.44. The first-order chi connectivity index (χ1) is 6.02. The van der Waals surface area contributed by atoms with E-state index in [1.165, 1.54) is 6.20 Å². The Morgan fingerprint density at radius 3 is 2.92 bits per heavy atom. The predicted octanol–water partition coefficient (Wildman–Crippen LogP) is 0.104. The van der Waals surface area contributed by atoms with Crippen molar-refractivity contribution in [2.45, 2.75) is 13.2 Å². The van der Waals surface area contributed by atoms with E-state index >= 15 is 0 Å². The van der Waals surface area contributed by atoms with Crippen molar-refractivity contribution >= 4 is 5.97 Å². The van der Waals surface area contributed by atoms with Crippen LogP contribution in [0, 0.1) is 6.92 Å². The van der Waals surface area contributed by atoms with Gasteiger partial charge in [0, 0.05) is 12.4 Å². The molecule has 0 aliphatic heterocycles. The van der Waals surface area contributed by atoms with Gasteiger partial charge in [-0.25, -0.2) is 19.0 Å². The van der Waals surface area contributed by atoms with Crippen LogP contribution in [-0.2, 0) is 4.79 Å². The molecule has 1 heterocycles. The van der Waals surface area contributed by atoms with Crippen molar-refractivity contribution in [3.63, 3.8) is 0 Å². The minimum absolute atomic E-state index is 0.428. The molecule has 1 aromatic rings. The van der Waals surface area contributed by atoms with Gasteiger partial charge in [-0.05, 0) is 12.5 Å². The number of halogens is 1. The summed E-state index contributed by atoms with van der Waals surface area (Å²) >= 11 is 0. The second-order valence-electron chi connectivity index (χ2n) is 2.50. The van der Waals surface area contributed by atoms with Crippen molar-refractivity contribution in [2.75, 3.05) is 0 Å². The molecule has 0 saturated heterocycles. The summed E-state index contributed by atoms with van der Waals surface area (Å²) in [5.41, 5.74) is -0.399. The minimum Gasteiger partial charge on any atom is -0.478 e. The van der Waals surface area contributed by atoms with Gasteiger partial charge in [-0.15, -0.1) is 0 Å². The minimum atomic E-state index is -2.38. The molecule has 0 aliphatic rings. The maximum Gasteiger partial charge on any atom is 0.360 e. The summed E-state index contributed by atoms with van der Waals surface area (Å²) in [6.07, 6.45) is -0.0264. The van der Waals surface area contributed by atoms with Gasteiger partial charge < -0.3 is 5.11 Å². The molecule has 1 rings (SSSR count). The van der Waals surface area contributed by atoms with E-state index in [4.69, 9.17) is 5.11 Å². The third kappa shape index (κ3) is 1.90. The number of carboxylic acids is 1. The molecule has 0 bridgehead atoms. The second-order valence-corrected chi connectivity index (χ2v) is 2.50. The molecule has 0 aromatic carbocycles. The Labute approximate surface area is 72.5 Å². The van der Waals surface area contributed by atoms with Crippen LogP contribution in [0.25, 0.3) is 0 Å². The molecule has 0 radical (unpaired) electrons. The van der Waals surface area contributed by atoms with Crippen LogP contribution in [0.3, 0.4) is 0 Å². The average molecular weight is 186 g/mol. The van der Waals surface area contributed by atoms with Crippen LogP contribution in [0.2, 0.25) is 0 Å². The number of rotatable bonds is 2. The van der Waals surface area contributed by atoms with Gasteiger partial charge in [0.1, 0.15) is 0 Å². The summed E-state index contributed by atoms with van der Waals surface area (Å²) in [5.74, 6) is -1.71. The fourth-order valence-corrected chi connectivity index (χ4v) is 0.813. The monoisotopic (exact) mass is 186 g/mol. The maximum atomic E-state index is 12.8. The lowest BCUT2D eigenvalue weighted by Gasteiger charge is -2.06. The van der Waals surface area contributed by atoms with Gasteiger partial charge in [0.15, 0.2) is 0 Å². The Bertz CT molecular complexity index is 388. The zero-order chi connectivity index (χ0) is 10.0. The third-order valence-electron chi connectivity index (χ3n) is 1.39. The predicted molar refractivity (Wildman–Crippen MR) is 41.0 cm³/mol. The highest BCUT2D eigenvalue weighted by atomic mass is 19.1. The number of carboxylic acid groups (broad SMARTS) is 1. The second kappa shape index (κ2) is 3.34. The highest BCUT2D eigenvalue weighted by molar-refractivity contribution is 5.70. The summed E-state index contributed by atoms with van der Waals surface area (Å²) in [4.78, 5) is 24.4. The van der Waals surface area contributed by atoms with Crippen molar-refractivity contribution < 1.29 is 14.3 Å². The topological polar surface area (TPSA) is 72.2 Å². The lowest BCUT2D eigenvalue weighted by atomic mass is 10.4. The van der Waals surface area contributed by atoms with Gasteiger partial charge in [0.05, 0.1) is 0 Å². The number of hydrogen-bond acceptors (Lipinski definition) is 3. The van der Waals surface area contributed by atoms with Crippen LogP contribution < -0.4 is 5.69 Å². The molecule has 0 fully saturated rings. The van der Waals surface area contributed by atoms with E-state index in [1.807, 2.05) is 0 Å². The van der Waals surface area contributed by atoms with E-state index in [0.717, 1.165) is 6.20 Å². The van der Waals surface area contributed by atoms with Gasteiger partial charge in [-0.2, -0.15) is 0 Å². The van der Waals surface area contributed by atoms with Crippen molar-refractivity contribution in [1.29, 1.82) is 0 Å². The average Bonchev–Trinajstić information content (AvgIpc) is 2.08. The van der Waals surface area contributed by atoms with Crippen molar-refractivity contribution in [3.05, 3.63) is 28.4 Å². The van der Waals surface area contributed by atoms with Gasteiger partial charge in [-0.1, -0.05) is 0 Å². The molecule has 6 heteroatoms. The van der Waals surface area contributed by atoms with Crippen LogP contribution in [0.1, 0.15) is 11.9 Å². The fraction of sp³-hybridized carbons (Fsp3) is 0.286. The SMILES string of the molecule is Cc1cnc(=O)n(C(F)C(=O)O)c1. The van der Waals surface area contributed by atoms with Gasteiger partial charge in [0.2, 0.25) is 0 Å². The molecule has 0 spiro atoms.